The molecule has 0 heterocycles. The van der Waals surface area contributed by atoms with Gasteiger partial charge in [0.15, 0.2) is 0 Å². The Morgan fingerprint density at radius 2 is 1.75 bits per heavy atom. The van der Waals surface area contributed by atoms with Gasteiger partial charge in [-0.2, -0.15) is 0 Å². The number of nitrogen functional groups attached to an aromatic ring is 1. The fourth-order valence-corrected chi connectivity index (χ4v) is 2.21. The van der Waals surface area contributed by atoms with E-state index in [9.17, 15) is 0 Å². The zero-order valence-electron chi connectivity index (χ0n) is 5.87. The third-order valence-electron chi connectivity index (χ3n) is 1.28. The summed E-state index contributed by atoms with van der Waals surface area (Å²) in [6.07, 6.45) is 0. The van der Waals surface area contributed by atoms with Crippen LogP contribution in [-0.2, 0) is 0 Å². The summed E-state index contributed by atoms with van der Waals surface area (Å²) in [5.41, 5.74) is 5.64. The summed E-state index contributed by atoms with van der Waals surface area (Å²) in [6.45, 7) is 0. The Morgan fingerprint density at radius 3 is 2.08 bits per heavy atom. The van der Waals surface area contributed by atoms with Crippen LogP contribution >= 0.6 is 39.1 Å². The first-order valence-electron chi connectivity index (χ1n) is 3.01. The first-order valence-corrected chi connectivity index (χ1v) is 4.56. The van der Waals surface area contributed by atoms with Gasteiger partial charge in [0.2, 0.25) is 0 Å². The van der Waals surface area contributed by atoms with E-state index in [1.807, 2.05) is 0 Å². The second kappa shape index (κ2) is 3.64. The van der Waals surface area contributed by atoms with Crippen molar-refractivity contribution in [2.45, 2.75) is 0 Å². The molecule has 0 aromatic heterocycles. The number of nitrogens with two attached hydrogens (primary N) is 1. The molecular formula is C7H5BrCl2N2. The molecule has 0 aliphatic rings. The second-order valence-electron chi connectivity index (χ2n) is 2.16. The van der Waals surface area contributed by atoms with Gasteiger partial charge in [0.25, 0.3) is 0 Å². The lowest BCUT2D eigenvalue weighted by Crippen LogP contribution is -2.12. The third kappa shape index (κ3) is 1.91. The van der Waals surface area contributed by atoms with Crippen molar-refractivity contribution in [1.82, 2.24) is 0 Å². The number of hydrogen-bond acceptors (Lipinski definition) is 1. The van der Waals surface area contributed by atoms with Gasteiger partial charge in [-0.1, -0.05) is 39.1 Å². The van der Waals surface area contributed by atoms with Gasteiger partial charge in [-0.15, -0.1) is 0 Å². The molecule has 0 saturated carbocycles. The average Bonchev–Trinajstić information content (AvgIpc) is 1.82. The van der Waals surface area contributed by atoms with Crippen molar-refractivity contribution < 1.29 is 0 Å². The van der Waals surface area contributed by atoms with Crippen molar-refractivity contribution in [3.63, 3.8) is 0 Å². The summed E-state index contributed by atoms with van der Waals surface area (Å²) >= 11 is 14.8. The Bertz CT molecular complexity index is 315. The molecule has 1 aromatic carbocycles. The molecule has 0 bridgehead atoms. The van der Waals surface area contributed by atoms with E-state index in [0.29, 0.717) is 15.6 Å². The van der Waals surface area contributed by atoms with Crippen LogP contribution in [0, 0.1) is 5.41 Å². The zero-order valence-corrected chi connectivity index (χ0v) is 8.96. The Labute approximate surface area is 88.3 Å². The van der Waals surface area contributed by atoms with Crippen LogP contribution in [0.15, 0.2) is 16.6 Å². The van der Waals surface area contributed by atoms with Gasteiger partial charge in [-0.05, 0) is 12.1 Å². The highest BCUT2D eigenvalue weighted by Crippen LogP contribution is 2.28. The van der Waals surface area contributed by atoms with Crippen molar-refractivity contribution >= 4 is 45.0 Å². The Balaban J connectivity index is 3.38. The second-order valence-corrected chi connectivity index (χ2v) is 3.89. The summed E-state index contributed by atoms with van der Waals surface area (Å²) in [5, 5.41) is 7.93. The largest absolute Gasteiger partial charge is 0.384 e. The molecule has 1 rings (SSSR count). The first kappa shape index (κ1) is 9.84. The summed E-state index contributed by atoms with van der Waals surface area (Å²) in [5.74, 6) is -0.127. The molecule has 1 aromatic rings. The van der Waals surface area contributed by atoms with Gasteiger partial charge in [-0.3, -0.25) is 5.41 Å². The molecule has 0 amide bonds. The summed E-state index contributed by atoms with van der Waals surface area (Å²) in [4.78, 5) is 0. The molecule has 3 N–H and O–H groups in total. The Hall–Kier alpha value is -0.250. The molecule has 0 spiro atoms. The minimum absolute atomic E-state index is 0.127. The van der Waals surface area contributed by atoms with Crippen LogP contribution < -0.4 is 5.73 Å². The molecule has 0 unspecified atom stereocenters. The fourth-order valence-electron chi connectivity index (χ4n) is 0.800. The van der Waals surface area contributed by atoms with E-state index in [0.717, 1.165) is 4.47 Å². The van der Waals surface area contributed by atoms with Crippen LogP contribution in [0.3, 0.4) is 0 Å². The predicted octanol–water partition coefficient (Wildman–Crippen LogP) is 3.04. The highest BCUT2D eigenvalue weighted by Gasteiger charge is 2.09. The van der Waals surface area contributed by atoms with Crippen molar-refractivity contribution in [3.8, 4) is 0 Å². The monoisotopic (exact) mass is 266 g/mol. The van der Waals surface area contributed by atoms with E-state index in [1.54, 1.807) is 12.1 Å². The smallest absolute Gasteiger partial charge is 0.125 e. The van der Waals surface area contributed by atoms with E-state index in [1.165, 1.54) is 0 Å². The summed E-state index contributed by atoms with van der Waals surface area (Å²) in [6, 6.07) is 3.29. The quantitative estimate of drug-likeness (QED) is 0.596. The topological polar surface area (TPSA) is 49.9 Å². The van der Waals surface area contributed by atoms with Crippen LogP contribution in [0.5, 0.6) is 0 Å². The van der Waals surface area contributed by atoms with Crippen LogP contribution in [0.4, 0.5) is 0 Å². The number of halogens is 3. The normalized spacial score (nSPS) is 9.92. The number of amidine groups is 1. The van der Waals surface area contributed by atoms with Crippen molar-refractivity contribution in [1.29, 1.82) is 5.41 Å². The molecule has 5 heteroatoms. The van der Waals surface area contributed by atoms with Gasteiger partial charge >= 0.3 is 0 Å². The fraction of sp³-hybridized carbons (Fsp3) is 0. The van der Waals surface area contributed by atoms with Crippen LogP contribution in [0.2, 0.25) is 10.0 Å². The molecule has 0 radical (unpaired) electrons. The third-order valence-corrected chi connectivity index (χ3v) is 2.33. The molecule has 0 atom stereocenters. The maximum atomic E-state index is 7.18. The number of benzene rings is 1. The van der Waals surface area contributed by atoms with E-state index in [2.05, 4.69) is 15.9 Å². The van der Waals surface area contributed by atoms with E-state index in [4.69, 9.17) is 34.3 Å². The van der Waals surface area contributed by atoms with Gasteiger partial charge < -0.3 is 5.73 Å². The number of nitrogens with one attached hydrogen (secondary N) is 1. The average molecular weight is 268 g/mol. The molecule has 64 valence electrons. The summed E-state index contributed by atoms with van der Waals surface area (Å²) < 4.78 is 0.766. The van der Waals surface area contributed by atoms with Crippen molar-refractivity contribution in [2.75, 3.05) is 0 Å². The van der Waals surface area contributed by atoms with Gasteiger partial charge in [0.1, 0.15) is 5.84 Å². The molecule has 12 heavy (non-hydrogen) atoms. The van der Waals surface area contributed by atoms with Crippen molar-refractivity contribution in [2.24, 2.45) is 5.73 Å². The molecule has 0 aliphatic carbocycles. The molecule has 0 aliphatic heterocycles. The lowest BCUT2D eigenvalue weighted by molar-refractivity contribution is 1.42. The van der Waals surface area contributed by atoms with Crippen LogP contribution in [-0.4, -0.2) is 5.84 Å². The van der Waals surface area contributed by atoms with E-state index in [-0.39, 0.29) is 5.84 Å². The highest BCUT2D eigenvalue weighted by atomic mass is 79.9. The molecule has 0 fully saturated rings. The van der Waals surface area contributed by atoms with Gasteiger partial charge in [0.05, 0.1) is 15.6 Å². The predicted molar refractivity (Wildman–Crippen MR) is 55.2 cm³/mol. The highest BCUT2D eigenvalue weighted by molar-refractivity contribution is 9.10. The van der Waals surface area contributed by atoms with Crippen molar-refractivity contribution in [3.05, 3.63) is 32.2 Å². The number of rotatable bonds is 1. The number of hydrogen-bond donors (Lipinski definition) is 2. The Kier molecular flexibility index (Phi) is 2.99. The van der Waals surface area contributed by atoms with Gasteiger partial charge in [0, 0.05) is 4.47 Å². The van der Waals surface area contributed by atoms with Crippen LogP contribution in [0.1, 0.15) is 5.56 Å². The maximum Gasteiger partial charge on any atom is 0.125 e. The standard InChI is InChI=1S/C7H5BrCl2N2/c8-3-1-4(9)6(7(11)12)5(10)2-3/h1-2H,(H3,11,12). The van der Waals surface area contributed by atoms with Gasteiger partial charge in [-0.25, -0.2) is 0 Å². The SMILES string of the molecule is N=C(N)c1c(Cl)cc(Br)cc1Cl. The summed E-state index contributed by atoms with van der Waals surface area (Å²) in [7, 11) is 0. The first-order chi connectivity index (χ1) is 5.52. The zero-order chi connectivity index (χ0) is 9.30. The molecular weight excluding hydrogens is 263 g/mol. The Morgan fingerprint density at radius 1 is 1.33 bits per heavy atom. The lowest BCUT2D eigenvalue weighted by Gasteiger charge is -2.04. The van der Waals surface area contributed by atoms with E-state index >= 15 is 0 Å². The minimum Gasteiger partial charge on any atom is -0.384 e. The van der Waals surface area contributed by atoms with Crippen LogP contribution in [0.25, 0.3) is 0 Å². The molecule has 0 saturated heterocycles. The van der Waals surface area contributed by atoms with E-state index < -0.39 is 0 Å². The maximum absolute atomic E-state index is 7.18. The lowest BCUT2D eigenvalue weighted by atomic mass is 10.2. The molecule has 2 nitrogen and oxygen atoms in total. The minimum atomic E-state index is -0.127.